The van der Waals surface area contributed by atoms with Crippen LogP contribution in [0.1, 0.15) is 31.9 Å². The van der Waals surface area contributed by atoms with E-state index in [1.165, 1.54) is 33.1 Å². The minimum absolute atomic E-state index is 0.427. The molecule has 1 aliphatic carbocycles. The van der Waals surface area contributed by atoms with Gasteiger partial charge in [0.05, 0.1) is 6.21 Å². The van der Waals surface area contributed by atoms with Crippen molar-refractivity contribution in [2.75, 3.05) is 7.11 Å². The Morgan fingerprint density at radius 1 is 1.09 bits per heavy atom. The van der Waals surface area contributed by atoms with E-state index in [4.69, 9.17) is 4.84 Å². The molecule has 2 aromatic rings. The maximum Gasteiger partial charge on any atom is 0.106 e. The summed E-state index contributed by atoms with van der Waals surface area (Å²) in [6, 6.07) is 12.8. The van der Waals surface area contributed by atoms with Gasteiger partial charge in [-0.2, -0.15) is 0 Å². The monoisotopic (exact) mass is 291 g/mol. The Labute approximate surface area is 131 Å². The minimum Gasteiger partial charge on any atom is -0.399 e. The fourth-order valence-corrected chi connectivity index (χ4v) is 3.36. The molecular formula is C20H21NO. The smallest absolute Gasteiger partial charge is 0.106 e. The van der Waals surface area contributed by atoms with Crippen LogP contribution in [0, 0.1) is 5.92 Å². The second-order valence-corrected chi connectivity index (χ2v) is 5.84. The zero-order valence-corrected chi connectivity index (χ0v) is 13.6. The van der Waals surface area contributed by atoms with E-state index in [9.17, 15) is 0 Å². The highest BCUT2D eigenvalue weighted by Gasteiger charge is 2.22. The van der Waals surface area contributed by atoms with Gasteiger partial charge in [-0.25, -0.2) is 0 Å². The van der Waals surface area contributed by atoms with Crippen LogP contribution in [0.2, 0.25) is 0 Å². The summed E-state index contributed by atoms with van der Waals surface area (Å²) in [5.74, 6) is 0.427. The molecule has 3 rings (SSSR count). The van der Waals surface area contributed by atoms with Crippen molar-refractivity contribution < 1.29 is 4.84 Å². The maximum absolute atomic E-state index is 4.93. The Kier molecular flexibility index (Phi) is 3.84. The van der Waals surface area contributed by atoms with Gasteiger partial charge >= 0.3 is 0 Å². The van der Waals surface area contributed by atoms with E-state index >= 15 is 0 Å². The van der Waals surface area contributed by atoms with Gasteiger partial charge in [0.2, 0.25) is 0 Å². The molecule has 0 N–H and O–H groups in total. The second-order valence-electron chi connectivity index (χ2n) is 5.84. The topological polar surface area (TPSA) is 21.6 Å². The second kappa shape index (κ2) is 5.80. The van der Waals surface area contributed by atoms with Crippen molar-refractivity contribution in [2.24, 2.45) is 11.1 Å². The van der Waals surface area contributed by atoms with Gasteiger partial charge in [0.1, 0.15) is 7.11 Å². The standard InChI is InChI=1S/C20H21NO/c1-13-11-14(2)20(15(13)3)18-10-9-16-7-5-6-8-17(16)19(18)12-21-22-4/h5-12,14H,1-4H3. The number of nitrogens with zero attached hydrogens (tertiary/aromatic N) is 1. The van der Waals surface area contributed by atoms with Crippen molar-refractivity contribution in [3.63, 3.8) is 0 Å². The fourth-order valence-electron chi connectivity index (χ4n) is 3.36. The minimum atomic E-state index is 0.427. The number of fused-ring (bicyclic) bond motifs is 1. The highest BCUT2D eigenvalue weighted by Crippen LogP contribution is 2.40. The zero-order valence-electron chi connectivity index (χ0n) is 13.6. The molecule has 0 aromatic heterocycles. The van der Waals surface area contributed by atoms with Crippen LogP contribution in [0.15, 0.2) is 58.8 Å². The average molecular weight is 291 g/mol. The van der Waals surface area contributed by atoms with Gasteiger partial charge in [0.25, 0.3) is 0 Å². The summed E-state index contributed by atoms with van der Waals surface area (Å²) in [7, 11) is 1.58. The van der Waals surface area contributed by atoms with Gasteiger partial charge in [-0.15, -0.1) is 0 Å². The molecule has 0 bridgehead atoms. The lowest BCUT2D eigenvalue weighted by molar-refractivity contribution is 0.215. The quantitative estimate of drug-likeness (QED) is 0.563. The molecule has 0 heterocycles. The summed E-state index contributed by atoms with van der Waals surface area (Å²) in [4.78, 5) is 4.93. The van der Waals surface area contributed by atoms with Crippen molar-refractivity contribution in [1.82, 2.24) is 0 Å². The molecule has 0 spiro atoms. The van der Waals surface area contributed by atoms with E-state index in [1.807, 2.05) is 6.21 Å². The Hall–Kier alpha value is -2.35. The van der Waals surface area contributed by atoms with Crippen molar-refractivity contribution in [3.05, 3.63) is 64.7 Å². The molecule has 2 nitrogen and oxygen atoms in total. The Morgan fingerprint density at radius 3 is 2.55 bits per heavy atom. The number of oxime groups is 1. The van der Waals surface area contributed by atoms with Gasteiger partial charge in [-0.1, -0.05) is 60.1 Å². The molecular weight excluding hydrogens is 270 g/mol. The van der Waals surface area contributed by atoms with E-state index in [1.54, 1.807) is 7.11 Å². The number of rotatable bonds is 3. The molecule has 1 unspecified atom stereocenters. The van der Waals surface area contributed by atoms with E-state index in [0.717, 1.165) is 5.56 Å². The molecule has 2 heteroatoms. The third-order valence-corrected chi connectivity index (χ3v) is 4.50. The molecule has 0 radical (unpaired) electrons. The van der Waals surface area contributed by atoms with Crippen LogP contribution in [-0.4, -0.2) is 13.3 Å². The maximum atomic E-state index is 4.93. The van der Waals surface area contributed by atoms with Crippen LogP contribution in [0.5, 0.6) is 0 Å². The average Bonchev–Trinajstić information content (AvgIpc) is 2.78. The third-order valence-electron chi connectivity index (χ3n) is 4.50. The van der Waals surface area contributed by atoms with Gasteiger partial charge in [0, 0.05) is 11.5 Å². The van der Waals surface area contributed by atoms with Gasteiger partial charge in [-0.05, 0) is 41.3 Å². The molecule has 0 aliphatic heterocycles. The molecule has 112 valence electrons. The number of hydrogen-bond acceptors (Lipinski definition) is 2. The largest absolute Gasteiger partial charge is 0.399 e. The molecule has 1 aliphatic rings. The predicted molar refractivity (Wildman–Crippen MR) is 94.1 cm³/mol. The van der Waals surface area contributed by atoms with Crippen LogP contribution in [0.25, 0.3) is 16.3 Å². The molecule has 0 fully saturated rings. The fraction of sp³-hybridized carbons (Fsp3) is 0.250. The lowest BCUT2D eigenvalue weighted by atomic mass is 9.88. The Bertz CT molecular complexity index is 812. The molecule has 0 saturated heterocycles. The summed E-state index contributed by atoms with van der Waals surface area (Å²) < 4.78 is 0. The van der Waals surface area contributed by atoms with Crippen LogP contribution in [0.3, 0.4) is 0 Å². The molecule has 1 atom stereocenters. The summed E-state index contributed by atoms with van der Waals surface area (Å²) in [5, 5.41) is 6.45. The van der Waals surface area contributed by atoms with E-state index < -0.39 is 0 Å². The van der Waals surface area contributed by atoms with Gasteiger partial charge < -0.3 is 4.84 Å². The van der Waals surface area contributed by atoms with E-state index in [-0.39, 0.29) is 0 Å². The summed E-state index contributed by atoms with van der Waals surface area (Å²) in [5.41, 5.74) is 6.50. The van der Waals surface area contributed by atoms with Crippen LogP contribution < -0.4 is 0 Å². The summed E-state index contributed by atoms with van der Waals surface area (Å²) in [6.45, 7) is 6.64. The first-order valence-electron chi connectivity index (χ1n) is 7.61. The number of hydrogen-bond donors (Lipinski definition) is 0. The van der Waals surface area contributed by atoms with Gasteiger partial charge in [-0.3, -0.25) is 0 Å². The SMILES string of the molecule is CON=Cc1c(C2=C(C)C(C)=CC2C)ccc2ccccc12. The highest BCUT2D eigenvalue weighted by atomic mass is 16.6. The first-order chi connectivity index (χ1) is 10.6. The third kappa shape index (κ3) is 2.35. The van der Waals surface area contributed by atoms with Crippen LogP contribution >= 0.6 is 0 Å². The first kappa shape index (κ1) is 14.6. The first-order valence-corrected chi connectivity index (χ1v) is 7.61. The van der Waals surface area contributed by atoms with Crippen molar-refractivity contribution in [2.45, 2.75) is 20.8 Å². The highest BCUT2D eigenvalue weighted by molar-refractivity contribution is 6.05. The Morgan fingerprint density at radius 2 is 1.86 bits per heavy atom. The van der Waals surface area contributed by atoms with Crippen LogP contribution in [-0.2, 0) is 4.84 Å². The molecule has 0 saturated carbocycles. The molecule has 2 aromatic carbocycles. The van der Waals surface area contributed by atoms with Crippen molar-refractivity contribution >= 4 is 22.6 Å². The van der Waals surface area contributed by atoms with Crippen molar-refractivity contribution in [1.29, 1.82) is 0 Å². The van der Waals surface area contributed by atoms with Gasteiger partial charge in [0.15, 0.2) is 0 Å². The zero-order chi connectivity index (χ0) is 15.7. The van der Waals surface area contributed by atoms with Crippen LogP contribution in [0.4, 0.5) is 0 Å². The predicted octanol–water partition coefficient (Wildman–Crippen LogP) is 5.19. The van der Waals surface area contributed by atoms with Crippen molar-refractivity contribution in [3.8, 4) is 0 Å². The number of allylic oxidation sites excluding steroid dienone is 4. The lowest BCUT2D eigenvalue weighted by Crippen LogP contribution is -2.00. The number of benzene rings is 2. The molecule has 0 amide bonds. The summed E-state index contributed by atoms with van der Waals surface area (Å²) in [6.07, 6.45) is 4.16. The molecule has 22 heavy (non-hydrogen) atoms. The Balaban J connectivity index is 2.29. The van der Waals surface area contributed by atoms with E-state index in [2.05, 4.69) is 68.4 Å². The van der Waals surface area contributed by atoms with E-state index in [0.29, 0.717) is 5.92 Å². The normalized spacial score (nSPS) is 18.4. The summed E-state index contributed by atoms with van der Waals surface area (Å²) >= 11 is 0. The lowest BCUT2D eigenvalue weighted by Gasteiger charge is -2.16.